The summed E-state index contributed by atoms with van der Waals surface area (Å²) in [6.07, 6.45) is 2.61. The highest BCUT2D eigenvalue weighted by atomic mass is 32.2. The number of hydrogen-bond donors (Lipinski definition) is 2. The van der Waals surface area contributed by atoms with Crippen LogP contribution in [0.25, 0.3) is 0 Å². The first-order valence-corrected chi connectivity index (χ1v) is 9.01. The molecule has 1 aliphatic heterocycles. The molecule has 1 aliphatic rings. The molecule has 0 aromatic carbocycles. The Kier molecular flexibility index (Phi) is 6.42. The molecular formula is C13H27N3O4S. The molecule has 0 spiro atoms. The third-order valence-electron chi connectivity index (χ3n) is 3.20. The molecule has 3 N–H and O–H groups in total. The second-order valence-electron chi connectivity index (χ2n) is 6.39. The van der Waals surface area contributed by atoms with E-state index in [0.717, 1.165) is 19.3 Å². The second kappa shape index (κ2) is 7.42. The maximum Gasteiger partial charge on any atom is 0.410 e. The molecule has 0 bridgehead atoms. The average Bonchev–Trinajstić information content (AvgIpc) is 2.32. The lowest BCUT2D eigenvalue weighted by molar-refractivity contribution is 0.0100. The molecule has 1 rings (SSSR count). The summed E-state index contributed by atoms with van der Waals surface area (Å²) >= 11 is 0. The Morgan fingerprint density at radius 2 is 2.05 bits per heavy atom. The normalized spacial score (nSPS) is 20.4. The van der Waals surface area contributed by atoms with Crippen molar-refractivity contribution in [3.05, 3.63) is 0 Å². The van der Waals surface area contributed by atoms with Crippen molar-refractivity contribution in [2.75, 3.05) is 25.4 Å². The lowest BCUT2D eigenvalue weighted by Gasteiger charge is -2.36. The monoisotopic (exact) mass is 321 g/mol. The van der Waals surface area contributed by atoms with E-state index in [2.05, 4.69) is 5.32 Å². The minimum atomic E-state index is -3.45. The summed E-state index contributed by atoms with van der Waals surface area (Å²) in [6, 6.07) is 0.0362. The smallest absolute Gasteiger partial charge is 0.410 e. The highest BCUT2D eigenvalue weighted by molar-refractivity contribution is 7.89. The fraction of sp³-hybridized carbons (Fsp3) is 0.923. The lowest BCUT2D eigenvalue weighted by atomic mass is 10.0. The van der Waals surface area contributed by atoms with E-state index in [-0.39, 0.29) is 24.4 Å². The molecule has 1 atom stereocenters. The zero-order chi connectivity index (χ0) is 16.1. The van der Waals surface area contributed by atoms with Gasteiger partial charge in [0.05, 0.1) is 5.75 Å². The molecule has 1 amide bonds. The summed E-state index contributed by atoms with van der Waals surface area (Å²) in [5, 5.41) is 8.00. The highest BCUT2D eigenvalue weighted by Gasteiger charge is 2.30. The summed E-state index contributed by atoms with van der Waals surface area (Å²) in [6.45, 7) is 7.04. The number of ether oxygens (including phenoxy) is 1. The fourth-order valence-electron chi connectivity index (χ4n) is 2.26. The van der Waals surface area contributed by atoms with Gasteiger partial charge in [-0.05, 0) is 40.0 Å². The van der Waals surface area contributed by atoms with Crippen LogP contribution in [0, 0.1) is 0 Å². The van der Waals surface area contributed by atoms with Crippen LogP contribution in [0.15, 0.2) is 0 Å². The molecule has 21 heavy (non-hydrogen) atoms. The van der Waals surface area contributed by atoms with Gasteiger partial charge in [0.15, 0.2) is 0 Å². The predicted octanol–water partition coefficient (Wildman–Crippen LogP) is 0.654. The molecule has 0 aromatic heterocycles. The van der Waals surface area contributed by atoms with Crippen molar-refractivity contribution in [1.29, 1.82) is 0 Å². The van der Waals surface area contributed by atoms with Crippen LogP contribution in [0.3, 0.4) is 0 Å². The van der Waals surface area contributed by atoms with E-state index < -0.39 is 15.6 Å². The van der Waals surface area contributed by atoms with Crippen LogP contribution in [0.4, 0.5) is 4.79 Å². The largest absolute Gasteiger partial charge is 0.444 e. The fourth-order valence-corrected chi connectivity index (χ4v) is 2.69. The first kappa shape index (κ1) is 18.2. The number of nitrogens with one attached hydrogen (secondary N) is 1. The number of carbonyl (C=O) groups is 1. The minimum absolute atomic E-state index is 0.0362. The molecule has 0 aliphatic carbocycles. The summed E-state index contributed by atoms with van der Waals surface area (Å²) in [5.41, 5.74) is -0.514. The Bertz CT molecular complexity index is 445. The van der Waals surface area contributed by atoms with Crippen LogP contribution < -0.4 is 10.5 Å². The van der Waals surface area contributed by atoms with Gasteiger partial charge in [0.25, 0.3) is 0 Å². The number of piperidine rings is 1. The van der Waals surface area contributed by atoms with Crippen molar-refractivity contribution < 1.29 is 17.9 Å². The van der Waals surface area contributed by atoms with Crippen molar-refractivity contribution >= 4 is 16.1 Å². The number of likely N-dealkylation sites (tertiary alicyclic amines) is 1. The summed E-state index contributed by atoms with van der Waals surface area (Å²) in [5.74, 6) is -0.105. The zero-order valence-corrected chi connectivity index (χ0v) is 13.9. The van der Waals surface area contributed by atoms with Gasteiger partial charge in [-0.15, -0.1) is 0 Å². The van der Waals surface area contributed by atoms with Crippen LogP contribution >= 0.6 is 0 Å². The van der Waals surface area contributed by atoms with Gasteiger partial charge in [-0.1, -0.05) is 0 Å². The molecule has 1 heterocycles. The Hall–Kier alpha value is -0.860. The van der Waals surface area contributed by atoms with Gasteiger partial charge in [0, 0.05) is 25.7 Å². The van der Waals surface area contributed by atoms with E-state index in [1.807, 2.05) is 20.8 Å². The number of rotatable bonds is 5. The summed E-state index contributed by atoms with van der Waals surface area (Å²) in [7, 11) is -3.45. The molecule has 1 unspecified atom stereocenters. The van der Waals surface area contributed by atoms with Crippen molar-refractivity contribution in [3.63, 3.8) is 0 Å². The highest BCUT2D eigenvalue weighted by Crippen LogP contribution is 2.19. The number of nitrogens with two attached hydrogens (primary N) is 1. The Morgan fingerprint density at radius 1 is 1.38 bits per heavy atom. The van der Waals surface area contributed by atoms with E-state index in [4.69, 9.17) is 9.88 Å². The standard InChI is InChI=1S/C13H27N3O4S/c1-13(2,3)20-12(17)16-8-5-4-6-11(16)10-15-7-9-21(14,18)19/h11,15H,4-10H2,1-3H3,(H2,14,18,19). The van der Waals surface area contributed by atoms with Crippen LogP contribution in [-0.2, 0) is 14.8 Å². The van der Waals surface area contributed by atoms with Gasteiger partial charge in [0.2, 0.25) is 10.0 Å². The SMILES string of the molecule is CC(C)(C)OC(=O)N1CCCCC1CNCCS(N)(=O)=O. The third-order valence-corrected chi connectivity index (χ3v) is 3.97. The number of hydrogen-bond acceptors (Lipinski definition) is 5. The van der Waals surface area contributed by atoms with Gasteiger partial charge < -0.3 is 15.0 Å². The summed E-state index contributed by atoms with van der Waals surface area (Å²) in [4.78, 5) is 13.9. The summed E-state index contributed by atoms with van der Waals surface area (Å²) < 4.78 is 27.1. The molecular weight excluding hydrogens is 294 g/mol. The molecule has 1 fully saturated rings. The van der Waals surface area contributed by atoms with Crippen molar-refractivity contribution in [3.8, 4) is 0 Å². The van der Waals surface area contributed by atoms with E-state index in [1.165, 1.54) is 0 Å². The Morgan fingerprint density at radius 3 is 2.62 bits per heavy atom. The third kappa shape index (κ3) is 7.63. The Labute approximate surface area is 127 Å². The van der Waals surface area contributed by atoms with Crippen molar-refractivity contribution in [2.45, 2.75) is 51.7 Å². The molecule has 0 radical (unpaired) electrons. The molecule has 124 valence electrons. The molecule has 8 heteroatoms. The molecule has 0 aromatic rings. The number of carbonyl (C=O) groups excluding carboxylic acids is 1. The molecule has 7 nitrogen and oxygen atoms in total. The van der Waals surface area contributed by atoms with E-state index in [1.54, 1.807) is 4.90 Å². The number of primary sulfonamides is 1. The lowest BCUT2D eigenvalue weighted by Crippen LogP contribution is -2.50. The van der Waals surface area contributed by atoms with Crippen LogP contribution in [0.5, 0.6) is 0 Å². The average molecular weight is 321 g/mol. The zero-order valence-electron chi connectivity index (χ0n) is 13.1. The number of amides is 1. The number of sulfonamides is 1. The van der Waals surface area contributed by atoms with Gasteiger partial charge >= 0.3 is 6.09 Å². The molecule has 1 saturated heterocycles. The maximum atomic E-state index is 12.2. The Balaban J connectivity index is 2.47. The van der Waals surface area contributed by atoms with Crippen molar-refractivity contribution in [2.24, 2.45) is 5.14 Å². The topological polar surface area (TPSA) is 102 Å². The van der Waals surface area contributed by atoms with Gasteiger partial charge in [-0.3, -0.25) is 0 Å². The van der Waals surface area contributed by atoms with E-state index >= 15 is 0 Å². The van der Waals surface area contributed by atoms with Gasteiger partial charge in [0.1, 0.15) is 5.60 Å². The first-order chi connectivity index (χ1) is 9.58. The second-order valence-corrected chi connectivity index (χ2v) is 8.13. The molecule has 0 saturated carbocycles. The van der Waals surface area contributed by atoms with Gasteiger partial charge in [-0.25, -0.2) is 18.4 Å². The van der Waals surface area contributed by atoms with Crippen LogP contribution in [0.1, 0.15) is 40.0 Å². The van der Waals surface area contributed by atoms with Crippen LogP contribution in [0.2, 0.25) is 0 Å². The van der Waals surface area contributed by atoms with Crippen molar-refractivity contribution in [1.82, 2.24) is 10.2 Å². The quantitative estimate of drug-likeness (QED) is 0.724. The minimum Gasteiger partial charge on any atom is -0.444 e. The first-order valence-electron chi connectivity index (χ1n) is 7.29. The predicted molar refractivity (Wildman–Crippen MR) is 81.4 cm³/mol. The van der Waals surface area contributed by atoms with E-state index in [0.29, 0.717) is 13.1 Å². The number of nitrogens with zero attached hydrogens (tertiary/aromatic N) is 1. The van der Waals surface area contributed by atoms with E-state index in [9.17, 15) is 13.2 Å². The van der Waals surface area contributed by atoms with Gasteiger partial charge in [-0.2, -0.15) is 0 Å². The maximum absolute atomic E-state index is 12.2. The van der Waals surface area contributed by atoms with Crippen LogP contribution in [-0.4, -0.2) is 56.4 Å².